The van der Waals surface area contributed by atoms with Crippen LogP contribution in [0.4, 0.5) is 0 Å². The zero-order valence-corrected chi connectivity index (χ0v) is 12.8. The summed E-state index contributed by atoms with van der Waals surface area (Å²) >= 11 is 0. The van der Waals surface area contributed by atoms with Gasteiger partial charge in [0.25, 0.3) is 5.91 Å². The highest BCUT2D eigenvalue weighted by atomic mass is 16.4. The Morgan fingerprint density at radius 3 is 2.20 bits per heavy atom. The van der Waals surface area contributed by atoms with Crippen molar-refractivity contribution < 1.29 is 14.7 Å². The van der Waals surface area contributed by atoms with Gasteiger partial charge >= 0.3 is 5.97 Å². The molecular weight excluding hydrogens is 254 g/mol. The van der Waals surface area contributed by atoms with Gasteiger partial charge in [-0.05, 0) is 45.7 Å². The van der Waals surface area contributed by atoms with E-state index in [0.29, 0.717) is 5.56 Å². The van der Waals surface area contributed by atoms with Crippen LogP contribution in [0.3, 0.4) is 0 Å². The molecule has 0 aliphatic carbocycles. The van der Waals surface area contributed by atoms with Crippen LogP contribution in [0.15, 0.2) is 24.3 Å². The molecule has 1 amide bonds. The summed E-state index contributed by atoms with van der Waals surface area (Å²) in [5, 5.41) is 12.2. The highest BCUT2D eigenvalue weighted by Crippen LogP contribution is 2.31. The maximum Gasteiger partial charge on any atom is 0.311 e. The van der Waals surface area contributed by atoms with Crippen LogP contribution in [0.5, 0.6) is 0 Å². The minimum absolute atomic E-state index is 0.234. The molecule has 0 aliphatic rings. The van der Waals surface area contributed by atoms with Crippen molar-refractivity contribution in [2.24, 2.45) is 5.41 Å². The average molecular weight is 277 g/mol. The first-order valence-corrected chi connectivity index (χ1v) is 6.77. The molecule has 0 heterocycles. The monoisotopic (exact) mass is 277 g/mol. The lowest BCUT2D eigenvalue weighted by molar-refractivity contribution is -0.150. The average Bonchev–Trinajstić information content (AvgIpc) is 2.37. The van der Waals surface area contributed by atoms with Crippen molar-refractivity contribution in [2.45, 2.75) is 46.6 Å². The van der Waals surface area contributed by atoms with Crippen LogP contribution in [-0.2, 0) is 11.2 Å². The number of carboxylic acid groups (broad SMARTS) is 1. The number of hydrogen-bond donors (Lipinski definition) is 2. The lowest BCUT2D eigenvalue weighted by Gasteiger charge is -2.38. The van der Waals surface area contributed by atoms with E-state index in [1.807, 2.05) is 25.1 Å². The molecule has 2 N–H and O–H groups in total. The summed E-state index contributed by atoms with van der Waals surface area (Å²) in [4.78, 5) is 23.8. The number of aliphatic carboxylic acids is 1. The van der Waals surface area contributed by atoms with E-state index >= 15 is 0 Å². The summed E-state index contributed by atoms with van der Waals surface area (Å²) in [6.07, 6.45) is 0.756. The lowest BCUT2D eigenvalue weighted by Crippen LogP contribution is -2.57. The predicted octanol–water partition coefficient (Wildman–Crippen LogP) is 2.87. The smallest absolute Gasteiger partial charge is 0.311 e. The normalized spacial score (nSPS) is 12.1. The minimum Gasteiger partial charge on any atom is -0.481 e. The lowest BCUT2D eigenvalue weighted by atomic mass is 9.74. The Kier molecular flexibility index (Phi) is 4.58. The number of nitrogens with one attached hydrogen (secondary N) is 1. The van der Waals surface area contributed by atoms with Crippen LogP contribution in [0.25, 0.3) is 0 Å². The van der Waals surface area contributed by atoms with E-state index < -0.39 is 16.9 Å². The van der Waals surface area contributed by atoms with Crippen LogP contribution >= 0.6 is 0 Å². The third-order valence-corrected chi connectivity index (χ3v) is 4.17. The van der Waals surface area contributed by atoms with Crippen molar-refractivity contribution in [1.29, 1.82) is 0 Å². The molecule has 0 aromatic heterocycles. The zero-order chi connectivity index (χ0) is 15.6. The summed E-state index contributed by atoms with van der Waals surface area (Å²) in [5.41, 5.74) is -0.376. The van der Waals surface area contributed by atoms with Gasteiger partial charge in [0, 0.05) is 5.56 Å². The largest absolute Gasteiger partial charge is 0.481 e. The highest BCUT2D eigenvalue weighted by Gasteiger charge is 2.44. The molecule has 4 heteroatoms. The quantitative estimate of drug-likeness (QED) is 0.869. The van der Waals surface area contributed by atoms with Crippen LogP contribution in [-0.4, -0.2) is 22.5 Å². The van der Waals surface area contributed by atoms with Crippen molar-refractivity contribution >= 4 is 11.9 Å². The first kappa shape index (κ1) is 16.2. The molecular formula is C16H23NO3. The van der Waals surface area contributed by atoms with Gasteiger partial charge in [0.05, 0.1) is 11.0 Å². The van der Waals surface area contributed by atoms with Gasteiger partial charge in [0.1, 0.15) is 0 Å². The van der Waals surface area contributed by atoms with E-state index in [9.17, 15) is 14.7 Å². The Hall–Kier alpha value is -1.84. The fourth-order valence-electron chi connectivity index (χ4n) is 1.82. The molecule has 4 nitrogen and oxygen atoms in total. The molecule has 0 bridgehead atoms. The number of carboxylic acids is 1. The van der Waals surface area contributed by atoms with Gasteiger partial charge in [-0.2, -0.15) is 0 Å². The van der Waals surface area contributed by atoms with Crippen molar-refractivity contribution in [1.82, 2.24) is 5.32 Å². The predicted molar refractivity (Wildman–Crippen MR) is 78.8 cm³/mol. The Labute approximate surface area is 120 Å². The van der Waals surface area contributed by atoms with Gasteiger partial charge in [-0.3, -0.25) is 9.59 Å². The summed E-state index contributed by atoms with van der Waals surface area (Å²) < 4.78 is 0. The van der Waals surface area contributed by atoms with Crippen LogP contribution in [0.2, 0.25) is 0 Å². The summed E-state index contributed by atoms with van der Waals surface area (Å²) in [5.74, 6) is -1.17. The first-order valence-electron chi connectivity index (χ1n) is 6.77. The molecule has 0 aliphatic heterocycles. The molecule has 1 aromatic carbocycles. The molecule has 0 atom stereocenters. The fraction of sp³-hybridized carbons (Fsp3) is 0.500. The molecule has 0 fully saturated rings. The molecule has 0 radical (unpaired) electrons. The molecule has 0 saturated carbocycles. The van der Waals surface area contributed by atoms with E-state index in [4.69, 9.17) is 0 Å². The molecule has 1 rings (SSSR count). The van der Waals surface area contributed by atoms with Crippen molar-refractivity contribution in [3.63, 3.8) is 0 Å². The standard InChI is InChI=1S/C16H23NO3/c1-6-11-9-7-8-10-12(11)13(18)17-16(4,5)15(2,3)14(19)20/h7-10H,6H2,1-5H3,(H,17,18)(H,19,20). The maximum absolute atomic E-state index is 12.4. The number of aryl methyl sites for hydroxylation is 1. The molecule has 0 unspecified atom stereocenters. The molecule has 0 spiro atoms. The topological polar surface area (TPSA) is 66.4 Å². The summed E-state index contributed by atoms with van der Waals surface area (Å²) in [7, 11) is 0. The van der Waals surface area contributed by atoms with Crippen molar-refractivity contribution in [2.75, 3.05) is 0 Å². The third kappa shape index (κ3) is 3.00. The fourth-order valence-corrected chi connectivity index (χ4v) is 1.82. The van der Waals surface area contributed by atoms with E-state index in [0.717, 1.165) is 12.0 Å². The number of carbonyl (C=O) groups is 2. The molecule has 0 saturated heterocycles. The summed E-state index contributed by atoms with van der Waals surface area (Å²) in [6, 6.07) is 7.37. The zero-order valence-electron chi connectivity index (χ0n) is 12.8. The maximum atomic E-state index is 12.4. The van der Waals surface area contributed by atoms with Gasteiger partial charge in [-0.1, -0.05) is 25.1 Å². The van der Waals surface area contributed by atoms with Crippen molar-refractivity contribution in [3.8, 4) is 0 Å². The van der Waals surface area contributed by atoms with Crippen LogP contribution < -0.4 is 5.32 Å². The molecule has 110 valence electrons. The van der Waals surface area contributed by atoms with Gasteiger partial charge in [-0.15, -0.1) is 0 Å². The SMILES string of the molecule is CCc1ccccc1C(=O)NC(C)(C)C(C)(C)C(=O)O. The number of hydrogen-bond acceptors (Lipinski definition) is 2. The summed E-state index contributed by atoms with van der Waals surface area (Å²) in [6.45, 7) is 8.67. The van der Waals surface area contributed by atoms with Crippen LogP contribution in [0, 0.1) is 5.41 Å². The van der Waals surface area contributed by atoms with E-state index in [-0.39, 0.29) is 5.91 Å². The van der Waals surface area contributed by atoms with E-state index in [2.05, 4.69) is 5.32 Å². The minimum atomic E-state index is -1.07. The second kappa shape index (κ2) is 5.65. The highest BCUT2D eigenvalue weighted by molar-refractivity contribution is 5.96. The second-order valence-corrected chi connectivity index (χ2v) is 6.02. The van der Waals surface area contributed by atoms with Gasteiger partial charge in [0.15, 0.2) is 0 Å². The van der Waals surface area contributed by atoms with Gasteiger partial charge < -0.3 is 10.4 Å². The van der Waals surface area contributed by atoms with E-state index in [1.165, 1.54) is 0 Å². The van der Waals surface area contributed by atoms with Crippen LogP contribution in [0.1, 0.15) is 50.5 Å². The van der Waals surface area contributed by atoms with Gasteiger partial charge in [-0.25, -0.2) is 0 Å². The Morgan fingerprint density at radius 1 is 1.15 bits per heavy atom. The number of amides is 1. The number of rotatable bonds is 5. The third-order valence-electron chi connectivity index (χ3n) is 4.17. The Bertz CT molecular complexity index is 518. The second-order valence-electron chi connectivity index (χ2n) is 6.02. The molecule has 20 heavy (non-hydrogen) atoms. The molecule has 1 aromatic rings. The number of benzene rings is 1. The van der Waals surface area contributed by atoms with Crippen molar-refractivity contribution in [3.05, 3.63) is 35.4 Å². The first-order chi connectivity index (χ1) is 9.13. The Morgan fingerprint density at radius 2 is 1.70 bits per heavy atom. The van der Waals surface area contributed by atoms with E-state index in [1.54, 1.807) is 33.8 Å². The number of carbonyl (C=O) groups excluding carboxylic acids is 1. The Balaban J connectivity index is 3.04. The van der Waals surface area contributed by atoms with Gasteiger partial charge in [0.2, 0.25) is 0 Å².